The lowest BCUT2D eigenvalue weighted by atomic mass is 10.3. The molecule has 1 atom stereocenters. The Morgan fingerprint density at radius 3 is 1.90 bits per heavy atom. The van der Waals surface area contributed by atoms with Crippen molar-refractivity contribution in [2.24, 2.45) is 0 Å². The lowest BCUT2D eigenvalue weighted by Crippen LogP contribution is -2.40. The minimum atomic E-state index is -4.09. The van der Waals surface area contributed by atoms with E-state index in [0.717, 1.165) is 6.92 Å². The van der Waals surface area contributed by atoms with Gasteiger partial charge >= 0.3 is 6.18 Å². The number of rotatable bonds is 2. The van der Waals surface area contributed by atoms with Gasteiger partial charge in [0.2, 0.25) is 0 Å². The second kappa shape index (κ2) is 3.23. The highest BCUT2D eigenvalue weighted by atomic mass is 19.4. The van der Waals surface area contributed by atoms with Gasteiger partial charge < -0.3 is 0 Å². The van der Waals surface area contributed by atoms with E-state index in [1.165, 1.54) is 11.9 Å². The maximum Gasteiger partial charge on any atom is 0.403 e. The third kappa shape index (κ3) is 2.56. The summed E-state index contributed by atoms with van der Waals surface area (Å²) >= 11 is 0. The van der Waals surface area contributed by atoms with Crippen LogP contribution in [0, 0.1) is 0 Å². The number of alkyl halides is 3. The summed E-state index contributed by atoms with van der Waals surface area (Å²) in [6, 6.07) is -1.34. The van der Waals surface area contributed by atoms with Crippen molar-refractivity contribution in [3.63, 3.8) is 0 Å². The molecule has 10 heavy (non-hydrogen) atoms. The molecule has 0 N–H and O–H groups in total. The van der Waals surface area contributed by atoms with Gasteiger partial charge in [-0.05, 0) is 20.5 Å². The zero-order valence-electron chi connectivity index (χ0n) is 6.37. The molecule has 0 spiro atoms. The summed E-state index contributed by atoms with van der Waals surface area (Å²) in [7, 11) is 1.46. The topological polar surface area (TPSA) is 3.24 Å². The maximum absolute atomic E-state index is 11.8. The van der Waals surface area contributed by atoms with Crippen LogP contribution >= 0.6 is 0 Å². The monoisotopic (exact) mass is 155 g/mol. The largest absolute Gasteiger partial charge is 0.403 e. The molecule has 0 aromatic carbocycles. The van der Waals surface area contributed by atoms with Crippen molar-refractivity contribution in [2.75, 3.05) is 13.6 Å². The van der Waals surface area contributed by atoms with Gasteiger partial charge in [-0.1, -0.05) is 6.92 Å². The smallest absolute Gasteiger partial charge is 0.296 e. The van der Waals surface area contributed by atoms with E-state index in [2.05, 4.69) is 0 Å². The highest BCUT2D eigenvalue weighted by Gasteiger charge is 2.37. The van der Waals surface area contributed by atoms with E-state index in [1.54, 1.807) is 6.92 Å². The molecule has 0 aliphatic rings. The van der Waals surface area contributed by atoms with E-state index in [0.29, 0.717) is 6.54 Å². The minimum absolute atomic E-state index is 0.417. The van der Waals surface area contributed by atoms with Crippen molar-refractivity contribution in [3.8, 4) is 0 Å². The van der Waals surface area contributed by atoms with E-state index >= 15 is 0 Å². The van der Waals surface area contributed by atoms with Crippen LogP contribution in [0.3, 0.4) is 0 Å². The average molecular weight is 155 g/mol. The molecular formula is C6H12F3N. The van der Waals surface area contributed by atoms with Crippen molar-refractivity contribution in [2.45, 2.75) is 26.1 Å². The van der Waals surface area contributed by atoms with Crippen LogP contribution < -0.4 is 0 Å². The Labute approximate surface area is 58.8 Å². The highest BCUT2D eigenvalue weighted by molar-refractivity contribution is 4.69. The molecule has 0 unspecified atom stereocenters. The van der Waals surface area contributed by atoms with Gasteiger partial charge in [-0.25, -0.2) is 0 Å². The predicted molar refractivity (Wildman–Crippen MR) is 33.8 cm³/mol. The first-order chi connectivity index (χ1) is 4.39. The summed E-state index contributed by atoms with van der Waals surface area (Å²) in [5, 5.41) is 0. The maximum atomic E-state index is 11.8. The van der Waals surface area contributed by atoms with Gasteiger partial charge in [-0.2, -0.15) is 13.2 Å². The zero-order chi connectivity index (χ0) is 8.36. The molecule has 0 amide bonds. The van der Waals surface area contributed by atoms with Crippen molar-refractivity contribution >= 4 is 0 Å². The molecule has 0 saturated carbocycles. The van der Waals surface area contributed by atoms with E-state index in [4.69, 9.17) is 0 Å². The van der Waals surface area contributed by atoms with E-state index in [-0.39, 0.29) is 0 Å². The second-order valence-electron chi connectivity index (χ2n) is 2.29. The zero-order valence-corrected chi connectivity index (χ0v) is 6.37. The van der Waals surface area contributed by atoms with Gasteiger partial charge in [0.15, 0.2) is 0 Å². The molecular weight excluding hydrogens is 143 g/mol. The number of halogens is 3. The van der Waals surface area contributed by atoms with Crippen molar-refractivity contribution < 1.29 is 13.2 Å². The van der Waals surface area contributed by atoms with Gasteiger partial charge in [0.1, 0.15) is 6.04 Å². The summed E-state index contributed by atoms with van der Waals surface area (Å²) < 4.78 is 35.5. The van der Waals surface area contributed by atoms with Crippen molar-refractivity contribution in [1.82, 2.24) is 4.90 Å². The lowest BCUT2D eigenvalue weighted by Gasteiger charge is -2.24. The molecule has 0 aliphatic carbocycles. The normalized spacial score (nSPS) is 15.9. The van der Waals surface area contributed by atoms with Gasteiger partial charge in [0.05, 0.1) is 0 Å². The number of hydrogen-bond donors (Lipinski definition) is 0. The lowest BCUT2D eigenvalue weighted by molar-refractivity contribution is -0.174. The molecule has 0 aliphatic heterocycles. The van der Waals surface area contributed by atoms with Crippen LogP contribution in [0.5, 0.6) is 0 Å². The van der Waals surface area contributed by atoms with Gasteiger partial charge in [-0.3, -0.25) is 4.90 Å². The molecule has 0 saturated heterocycles. The molecule has 0 fully saturated rings. The molecule has 1 nitrogen and oxygen atoms in total. The Hall–Kier alpha value is -0.250. The Morgan fingerprint density at radius 2 is 1.80 bits per heavy atom. The minimum Gasteiger partial charge on any atom is -0.296 e. The predicted octanol–water partition coefficient (Wildman–Crippen LogP) is 1.89. The van der Waals surface area contributed by atoms with E-state index in [1.807, 2.05) is 0 Å². The molecule has 62 valence electrons. The van der Waals surface area contributed by atoms with Crippen LogP contribution in [0.15, 0.2) is 0 Å². The summed E-state index contributed by atoms with van der Waals surface area (Å²) in [6.45, 7) is 3.27. The Balaban J connectivity index is 3.94. The third-order valence-electron chi connectivity index (χ3n) is 1.63. The summed E-state index contributed by atoms with van der Waals surface area (Å²) in [4.78, 5) is 1.25. The van der Waals surface area contributed by atoms with Crippen LogP contribution in [-0.4, -0.2) is 30.7 Å². The summed E-state index contributed by atoms with van der Waals surface area (Å²) in [5.41, 5.74) is 0. The molecule has 0 aromatic rings. The second-order valence-corrected chi connectivity index (χ2v) is 2.29. The van der Waals surface area contributed by atoms with Crippen LogP contribution in [0.4, 0.5) is 13.2 Å². The van der Waals surface area contributed by atoms with Crippen LogP contribution in [-0.2, 0) is 0 Å². The number of nitrogens with zero attached hydrogens (tertiary/aromatic N) is 1. The van der Waals surface area contributed by atoms with E-state index in [9.17, 15) is 13.2 Å². The quantitative estimate of drug-likeness (QED) is 0.588. The first-order valence-electron chi connectivity index (χ1n) is 3.16. The third-order valence-corrected chi connectivity index (χ3v) is 1.63. The number of hydrogen-bond acceptors (Lipinski definition) is 1. The SMILES string of the molecule is CCN(C)[C@H](C)C(F)(F)F. The fourth-order valence-electron chi connectivity index (χ4n) is 0.524. The molecule has 0 rings (SSSR count). The fraction of sp³-hybridized carbons (Fsp3) is 1.00. The van der Waals surface area contributed by atoms with Gasteiger partial charge in [0, 0.05) is 0 Å². The molecule has 4 heteroatoms. The van der Waals surface area contributed by atoms with Gasteiger partial charge in [0.25, 0.3) is 0 Å². The highest BCUT2D eigenvalue weighted by Crippen LogP contribution is 2.22. The Bertz CT molecular complexity index is 99.7. The van der Waals surface area contributed by atoms with Crippen molar-refractivity contribution in [1.29, 1.82) is 0 Å². The molecule has 0 bridgehead atoms. The first kappa shape index (κ1) is 9.75. The van der Waals surface area contributed by atoms with E-state index < -0.39 is 12.2 Å². The van der Waals surface area contributed by atoms with Gasteiger partial charge in [-0.15, -0.1) is 0 Å². The summed E-state index contributed by atoms with van der Waals surface area (Å²) in [5.74, 6) is 0. The van der Waals surface area contributed by atoms with Crippen LogP contribution in [0.2, 0.25) is 0 Å². The first-order valence-corrected chi connectivity index (χ1v) is 3.16. The van der Waals surface area contributed by atoms with Crippen LogP contribution in [0.25, 0.3) is 0 Å². The fourth-order valence-corrected chi connectivity index (χ4v) is 0.524. The average Bonchev–Trinajstić information content (AvgIpc) is 1.83. The molecule has 0 heterocycles. The Morgan fingerprint density at radius 1 is 1.40 bits per heavy atom. The standard InChI is InChI=1S/C6H12F3N/c1-4-10(3)5(2)6(7,8)9/h5H,4H2,1-3H3/t5-/m1/s1. The summed E-state index contributed by atoms with van der Waals surface area (Å²) in [6.07, 6.45) is -4.09. The van der Waals surface area contributed by atoms with Crippen molar-refractivity contribution in [3.05, 3.63) is 0 Å². The Kier molecular flexibility index (Phi) is 3.15. The molecule has 0 radical (unpaired) electrons. The van der Waals surface area contributed by atoms with Crippen LogP contribution in [0.1, 0.15) is 13.8 Å². The molecule has 0 aromatic heterocycles.